The van der Waals surface area contributed by atoms with Crippen LogP contribution >= 0.6 is 11.8 Å². The van der Waals surface area contributed by atoms with E-state index in [2.05, 4.69) is 15.5 Å². The van der Waals surface area contributed by atoms with E-state index in [0.29, 0.717) is 17.5 Å². The normalized spacial score (nSPS) is 17.5. The Hall–Kier alpha value is -2.00. The minimum Gasteiger partial charge on any atom is -0.469 e. The number of thioether (sulfide) groups is 1. The van der Waals surface area contributed by atoms with Crippen molar-refractivity contribution in [1.82, 2.24) is 20.2 Å². The number of carbonyl (C=O) groups is 1. The number of hydrogen-bond donors (Lipinski definition) is 2. The number of aromatic nitrogens is 3. The molecule has 1 fully saturated rings. The highest BCUT2D eigenvalue weighted by atomic mass is 32.2. The number of nitrogens with one attached hydrogen (secondary N) is 1. The fourth-order valence-electron chi connectivity index (χ4n) is 2.39. The predicted molar refractivity (Wildman–Crippen MR) is 85.3 cm³/mol. The Balaban J connectivity index is 1.53. The van der Waals surface area contributed by atoms with Crippen molar-refractivity contribution in [2.75, 3.05) is 24.7 Å². The molecule has 1 atom stereocenters. The number of carbonyl (C=O) groups excluding carboxylic acids is 1. The second-order valence-electron chi connectivity index (χ2n) is 5.29. The molecule has 0 aromatic carbocycles. The first-order chi connectivity index (χ1) is 11.1. The lowest BCUT2D eigenvalue weighted by molar-refractivity contribution is -0.119. The minimum atomic E-state index is -0.0745. The Labute approximate surface area is 137 Å². The van der Waals surface area contributed by atoms with Crippen LogP contribution < -0.4 is 11.2 Å². The molecule has 0 aliphatic carbocycles. The van der Waals surface area contributed by atoms with Crippen molar-refractivity contribution < 1.29 is 13.9 Å². The van der Waals surface area contributed by atoms with Gasteiger partial charge in [0.2, 0.25) is 11.1 Å². The monoisotopic (exact) mass is 337 g/mol. The molecule has 0 radical (unpaired) electrons. The van der Waals surface area contributed by atoms with Crippen LogP contribution in [0.2, 0.25) is 0 Å². The van der Waals surface area contributed by atoms with Crippen molar-refractivity contribution in [1.29, 1.82) is 0 Å². The SMILES string of the molecule is Cc1occc1-c1nnc(SCC(=O)NCC2CCCO2)n1N. The number of hydrogen-bond acceptors (Lipinski definition) is 7. The summed E-state index contributed by atoms with van der Waals surface area (Å²) in [5.41, 5.74) is 0.787. The fourth-order valence-corrected chi connectivity index (χ4v) is 3.08. The van der Waals surface area contributed by atoms with Gasteiger partial charge in [-0.05, 0) is 25.8 Å². The summed E-state index contributed by atoms with van der Waals surface area (Å²) in [7, 11) is 0. The van der Waals surface area contributed by atoms with Crippen molar-refractivity contribution in [3.63, 3.8) is 0 Å². The van der Waals surface area contributed by atoms with Crippen LogP contribution in [0.25, 0.3) is 11.4 Å². The average Bonchev–Trinajstić information content (AvgIpc) is 3.25. The van der Waals surface area contributed by atoms with Crippen LogP contribution in [0.5, 0.6) is 0 Å². The number of furan rings is 1. The molecule has 1 aliphatic rings. The highest BCUT2D eigenvalue weighted by Crippen LogP contribution is 2.24. The van der Waals surface area contributed by atoms with E-state index in [1.54, 1.807) is 12.3 Å². The van der Waals surface area contributed by atoms with E-state index in [-0.39, 0.29) is 17.8 Å². The van der Waals surface area contributed by atoms with Gasteiger partial charge in [0.15, 0.2) is 5.82 Å². The Morgan fingerprint density at radius 2 is 2.43 bits per heavy atom. The second kappa shape index (κ2) is 7.05. The molecule has 3 heterocycles. The number of nitrogen functional groups attached to an aromatic ring is 1. The average molecular weight is 337 g/mol. The summed E-state index contributed by atoms with van der Waals surface area (Å²) in [6.45, 7) is 3.16. The van der Waals surface area contributed by atoms with Crippen LogP contribution in [-0.2, 0) is 9.53 Å². The van der Waals surface area contributed by atoms with Gasteiger partial charge in [0.05, 0.1) is 23.7 Å². The third kappa shape index (κ3) is 3.67. The zero-order valence-electron chi connectivity index (χ0n) is 12.8. The Morgan fingerprint density at radius 3 is 3.13 bits per heavy atom. The Morgan fingerprint density at radius 1 is 1.57 bits per heavy atom. The quantitative estimate of drug-likeness (QED) is 0.596. The van der Waals surface area contributed by atoms with E-state index in [1.165, 1.54) is 16.4 Å². The number of amides is 1. The molecular formula is C14H19N5O3S. The standard InChI is InChI=1S/C14H19N5O3S/c1-9-11(4-6-21-9)13-17-18-14(19(13)15)23-8-12(20)16-7-10-3-2-5-22-10/h4,6,10H,2-3,5,7-8,15H2,1H3,(H,16,20). The van der Waals surface area contributed by atoms with Gasteiger partial charge in [-0.1, -0.05) is 11.8 Å². The van der Waals surface area contributed by atoms with Crippen LogP contribution in [0.3, 0.4) is 0 Å². The van der Waals surface area contributed by atoms with Gasteiger partial charge in [0.1, 0.15) is 5.76 Å². The molecule has 3 N–H and O–H groups in total. The first kappa shape index (κ1) is 15.9. The summed E-state index contributed by atoms with van der Waals surface area (Å²) in [5.74, 6) is 7.38. The summed E-state index contributed by atoms with van der Waals surface area (Å²) >= 11 is 1.24. The minimum absolute atomic E-state index is 0.0745. The lowest BCUT2D eigenvalue weighted by Crippen LogP contribution is -2.33. The Bertz CT molecular complexity index is 678. The largest absolute Gasteiger partial charge is 0.469 e. The maximum absolute atomic E-state index is 11.9. The first-order valence-corrected chi connectivity index (χ1v) is 8.39. The number of nitrogens with zero attached hydrogens (tertiary/aromatic N) is 3. The summed E-state index contributed by atoms with van der Waals surface area (Å²) in [6, 6.07) is 1.78. The molecule has 8 nitrogen and oxygen atoms in total. The molecule has 3 rings (SSSR count). The van der Waals surface area contributed by atoms with E-state index >= 15 is 0 Å². The molecule has 124 valence electrons. The summed E-state index contributed by atoms with van der Waals surface area (Å²) < 4.78 is 12.1. The molecule has 1 unspecified atom stereocenters. The van der Waals surface area contributed by atoms with Crippen molar-refractivity contribution in [3.8, 4) is 11.4 Å². The van der Waals surface area contributed by atoms with E-state index < -0.39 is 0 Å². The van der Waals surface area contributed by atoms with Gasteiger partial charge in [0, 0.05) is 13.2 Å². The summed E-state index contributed by atoms with van der Waals surface area (Å²) in [5, 5.41) is 11.4. The van der Waals surface area contributed by atoms with E-state index in [0.717, 1.165) is 30.8 Å². The molecule has 0 bridgehead atoms. The van der Waals surface area contributed by atoms with Crippen molar-refractivity contribution >= 4 is 17.7 Å². The molecule has 1 saturated heterocycles. The summed E-state index contributed by atoms with van der Waals surface area (Å²) in [6.07, 6.45) is 3.77. The van der Waals surface area contributed by atoms with Gasteiger partial charge in [-0.25, -0.2) is 4.68 Å². The predicted octanol–water partition coefficient (Wildman–Crippen LogP) is 0.948. The van der Waals surface area contributed by atoms with E-state index in [9.17, 15) is 4.79 Å². The third-order valence-corrected chi connectivity index (χ3v) is 4.59. The van der Waals surface area contributed by atoms with Gasteiger partial charge < -0.3 is 20.3 Å². The van der Waals surface area contributed by atoms with Crippen LogP contribution in [-0.4, -0.2) is 45.8 Å². The fraction of sp³-hybridized carbons (Fsp3) is 0.500. The van der Waals surface area contributed by atoms with Crippen LogP contribution in [0.15, 0.2) is 21.9 Å². The van der Waals surface area contributed by atoms with Crippen molar-refractivity contribution in [3.05, 3.63) is 18.1 Å². The molecule has 1 amide bonds. The van der Waals surface area contributed by atoms with Crippen LogP contribution in [0.4, 0.5) is 0 Å². The molecule has 23 heavy (non-hydrogen) atoms. The first-order valence-electron chi connectivity index (χ1n) is 7.41. The number of aryl methyl sites for hydroxylation is 1. The smallest absolute Gasteiger partial charge is 0.230 e. The Kier molecular flexibility index (Phi) is 4.87. The molecule has 1 aliphatic heterocycles. The molecular weight excluding hydrogens is 318 g/mol. The van der Waals surface area contributed by atoms with Gasteiger partial charge in [-0.15, -0.1) is 10.2 Å². The second-order valence-corrected chi connectivity index (χ2v) is 6.24. The molecule has 2 aromatic rings. The zero-order chi connectivity index (χ0) is 16.2. The molecule has 0 spiro atoms. The third-order valence-electron chi connectivity index (χ3n) is 3.65. The lowest BCUT2D eigenvalue weighted by Gasteiger charge is -2.10. The van der Waals surface area contributed by atoms with Crippen molar-refractivity contribution in [2.24, 2.45) is 0 Å². The summed E-state index contributed by atoms with van der Waals surface area (Å²) in [4.78, 5) is 11.9. The van der Waals surface area contributed by atoms with Gasteiger partial charge in [-0.3, -0.25) is 4.79 Å². The van der Waals surface area contributed by atoms with Crippen LogP contribution in [0.1, 0.15) is 18.6 Å². The van der Waals surface area contributed by atoms with Gasteiger partial charge >= 0.3 is 0 Å². The van der Waals surface area contributed by atoms with Crippen LogP contribution in [0, 0.1) is 6.92 Å². The maximum Gasteiger partial charge on any atom is 0.230 e. The zero-order valence-corrected chi connectivity index (χ0v) is 13.6. The maximum atomic E-state index is 11.9. The topological polar surface area (TPSA) is 108 Å². The van der Waals surface area contributed by atoms with Crippen molar-refractivity contribution in [2.45, 2.75) is 31.0 Å². The highest BCUT2D eigenvalue weighted by molar-refractivity contribution is 7.99. The van der Waals surface area contributed by atoms with Gasteiger partial charge in [0.25, 0.3) is 0 Å². The highest BCUT2D eigenvalue weighted by Gasteiger charge is 2.18. The molecule has 9 heteroatoms. The number of nitrogens with two attached hydrogens (primary N) is 1. The number of rotatable bonds is 6. The molecule has 0 saturated carbocycles. The van der Waals surface area contributed by atoms with E-state index in [4.69, 9.17) is 15.0 Å². The molecule has 2 aromatic heterocycles. The number of ether oxygens (including phenoxy) is 1. The lowest BCUT2D eigenvalue weighted by atomic mass is 10.2. The van der Waals surface area contributed by atoms with E-state index in [1.807, 2.05) is 6.92 Å². The van der Waals surface area contributed by atoms with Gasteiger partial charge in [-0.2, -0.15) is 0 Å².